The molecule has 2 rings (SSSR count). The van der Waals surface area contributed by atoms with Crippen LogP contribution in [0.3, 0.4) is 0 Å². The van der Waals surface area contributed by atoms with Gasteiger partial charge in [-0.1, -0.05) is 23.1 Å². The SMILES string of the molecule is CN(C)c1nnc(Sc2ccc([N+](=O)[O-])cc2F)s1. The molecule has 0 radical (unpaired) electrons. The molecule has 0 bridgehead atoms. The van der Waals surface area contributed by atoms with Crippen molar-refractivity contribution in [3.63, 3.8) is 0 Å². The number of nitro benzene ring substituents is 1. The molecule has 0 aliphatic heterocycles. The topological polar surface area (TPSA) is 72.2 Å². The first-order valence-electron chi connectivity index (χ1n) is 5.10. The summed E-state index contributed by atoms with van der Waals surface area (Å²) in [6, 6.07) is 3.53. The van der Waals surface area contributed by atoms with E-state index in [1.807, 2.05) is 14.1 Å². The van der Waals surface area contributed by atoms with Crippen LogP contribution in [0, 0.1) is 15.9 Å². The Morgan fingerprint density at radius 1 is 1.42 bits per heavy atom. The third kappa shape index (κ3) is 3.18. The van der Waals surface area contributed by atoms with Crippen LogP contribution >= 0.6 is 23.1 Å². The number of non-ortho nitro benzene ring substituents is 1. The van der Waals surface area contributed by atoms with Crippen LogP contribution in [0.1, 0.15) is 0 Å². The minimum atomic E-state index is -0.638. The van der Waals surface area contributed by atoms with Crippen molar-refractivity contribution in [2.75, 3.05) is 19.0 Å². The number of aromatic nitrogens is 2. The van der Waals surface area contributed by atoms with E-state index in [0.717, 1.165) is 17.8 Å². The highest BCUT2D eigenvalue weighted by molar-refractivity contribution is 8.01. The zero-order valence-corrected chi connectivity index (χ0v) is 11.7. The summed E-state index contributed by atoms with van der Waals surface area (Å²) in [5.41, 5.74) is -0.270. The van der Waals surface area contributed by atoms with Gasteiger partial charge in [-0.05, 0) is 6.07 Å². The highest BCUT2D eigenvalue weighted by Gasteiger charge is 2.14. The lowest BCUT2D eigenvalue weighted by Crippen LogP contribution is -2.07. The van der Waals surface area contributed by atoms with Gasteiger partial charge in [0.2, 0.25) is 5.13 Å². The molecule has 0 unspecified atom stereocenters. The van der Waals surface area contributed by atoms with Gasteiger partial charge in [-0.25, -0.2) is 4.39 Å². The van der Waals surface area contributed by atoms with E-state index < -0.39 is 10.7 Å². The molecule has 19 heavy (non-hydrogen) atoms. The van der Waals surface area contributed by atoms with Crippen LogP contribution in [0.5, 0.6) is 0 Å². The van der Waals surface area contributed by atoms with E-state index in [-0.39, 0.29) is 10.6 Å². The summed E-state index contributed by atoms with van der Waals surface area (Å²) in [5.74, 6) is -0.638. The first-order valence-corrected chi connectivity index (χ1v) is 6.73. The Hall–Kier alpha value is -1.74. The van der Waals surface area contributed by atoms with Gasteiger partial charge in [0.05, 0.1) is 15.9 Å². The summed E-state index contributed by atoms with van der Waals surface area (Å²) < 4.78 is 14.3. The molecule has 100 valence electrons. The van der Waals surface area contributed by atoms with E-state index in [1.54, 1.807) is 4.90 Å². The van der Waals surface area contributed by atoms with Crippen LogP contribution in [0.25, 0.3) is 0 Å². The molecule has 1 aromatic carbocycles. The number of hydrogen-bond donors (Lipinski definition) is 0. The fourth-order valence-corrected chi connectivity index (χ4v) is 2.93. The number of nitrogens with zero attached hydrogens (tertiary/aromatic N) is 4. The molecule has 0 N–H and O–H groups in total. The Bertz CT molecular complexity index is 617. The maximum absolute atomic E-state index is 13.7. The molecule has 0 spiro atoms. The van der Waals surface area contributed by atoms with Crippen LogP contribution in [-0.2, 0) is 0 Å². The smallest absolute Gasteiger partial charge is 0.272 e. The van der Waals surface area contributed by atoms with Gasteiger partial charge in [0.1, 0.15) is 5.82 Å². The number of benzene rings is 1. The van der Waals surface area contributed by atoms with Crippen molar-refractivity contribution in [3.8, 4) is 0 Å². The van der Waals surface area contributed by atoms with Gasteiger partial charge in [0, 0.05) is 20.2 Å². The molecule has 1 heterocycles. The van der Waals surface area contributed by atoms with Crippen molar-refractivity contribution in [2.45, 2.75) is 9.24 Å². The molecule has 0 saturated heterocycles. The lowest BCUT2D eigenvalue weighted by Gasteiger charge is -2.03. The van der Waals surface area contributed by atoms with Crippen molar-refractivity contribution in [2.24, 2.45) is 0 Å². The number of rotatable bonds is 4. The predicted molar refractivity (Wildman–Crippen MR) is 71.4 cm³/mol. The lowest BCUT2D eigenvalue weighted by atomic mass is 10.3. The molecule has 0 atom stereocenters. The summed E-state index contributed by atoms with van der Waals surface area (Å²) in [7, 11) is 3.67. The number of hydrogen-bond acceptors (Lipinski definition) is 7. The molecule has 0 aliphatic rings. The van der Waals surface area contributed by atoms with E-state index in [4.69, 9.17) is 0 Å². The average Bonchev–Trinajstić information content (AvgIpc) is 2.80. The van der Waals surface area contributed by atoms with Gasteiger partial charge < -0.3 is 4.90 Å². The number of nitro groups is 1. The molecule has 1 aromatic heterocycles. The normalized spacial score (nSPS) is 10.5. The van der Waals surface area contributed by atoms with Crippen LogP contribution in [-0.4, -0.2) is 29.2 Å². The lowest BCUT2D eigenvalue weighted by molar-refractivity contribution is -0.385. The molecule has 6 nitrogen and oxygen atoms in total. The first-order chi connectivity index (χ1) is 8.97. The van der Waals surface area contributed by atoms with Gasteiger partial charge in [-0.15, -0.1) is 10.2 Å². The maximum Gasteiger partial charge on any atom is 0.272 e. The van der Waals surface area contributed by atoms with Gasteiger partial charge in [-0.3, -0.25) is 10.1 Å². The predicted octanol–water partition coefficient (Wildman–Crippen LogP) is 2.80. The Kier molecular flexibility index (Phi) is 3.96. The second-order valence-electron chi connectivity index (χ2n) is 3.72. The van der Waals surface area contributed by atoms with Crippen LogP contribution < -0.4 is 4.90 Å². The van der Waals surface area contributed by atoms with Crippen molar-refractivity contribution < 1.29 is 9.31 Å². The fourth-order valence-electron chi connectivity index (χ4n) is 1.20. The fraction of sp³-hybridized carbons (Fsp3) is 0.200. The summed E-state index contributed by atoms with van der Waals surface area (Å²) in [6.45, 7) is 0. The maximum atomic E-state index is 13.7. The third-order valence-electron chi connectivity index (χ3n) is 2.10. The standard InChI is InChI=1S/C10H9FN4O2S2/c1-14(2)9-12-13-10(19-9)18-8-4-3-6(15(16)17)5-7(8)11/h3-5H,1-2H3. The molecular formula is C10H9FN4O2S2. The van der Waals surface area contributed by atoms with E-state index in [2.05, 4.69) is 10.2 Å². The highest BCUT2D eigenvalue weighted by Crippen LogP contribution is 2.35. The highest BCUT2D eigenvalue weighted by atomic mass is 32.2. The van der Waals surface area contributed by atoms with Crippen LogP contribution in [0.15, 0.2) is 27.4 Å². The number of anilines is 1. The monoisotopic (exact) mass is 300 g/mol. The quantitative estimate of drug-likeness (QED) is 0.638. The van der Waals surface area contributed by atoms with E-state index in [0.29, 0.717) is 9.47 Å². The van der Waals surface area contributed by atoms with Gasteiger partial charge in [-0.2, -0.15) is 0 Å². The van der Waals surface area contributed by atoms with E-state index in [9.17, 15) is 14.5 Å². The van der Waals surface area contributed by atoms with Crippen molar-refractivity contribution in [1.82, 2.24) is 10.2 Å². The molecule has 0 saturated carbocycles. The largest absolute Gasteiger partial charge is 0.353 e. The van der Waals surface area contributed by atoms with Crippen molar-refractivity contribution >= 4 is 33.9 Å². The number of halogens is 1. The zero-order chi connectivity index (χ0) is 14.0. The van der Waals surface area contributed by atoms with E-state index in [1.165, 1.54) is 23.5 Å². The Morgan fingerprint density at radius 2 is 2.16 bits per heavy atom. The van der Waals surface area contributed by atoms with Crippen molar-refractivity contribution in [3.05, 3.63) is 34.1 Å². The van der Waals surface area contributed by atoms with Gasteiger partial charge in [0.15, 0.2) is 4.34 Å². The Balaban J connectivity index is 2.20. The third-order valence-corrected chi connectivity index (χ3v) is 4.29. The molecular weight excluding hydrogens is 291 g/mol. The molecule has 0 fully saturated rings. The van der Waals surface area contributed by atoms with Gasteiger partial charge >= 0.3 is 0 Å². The summed E-state index contributed by atoms with van der Waals surface area (Å²) in [6.07, 6.45) is 0. The molecule has 9 heteroatoms. The zero-order valence-electron chi connectivity index (χ0n) is 10.0. The van der Waals surface area contributed by atoms with Crippen molar-refractivity contribution in [1.29, 1.82) is 0 Å². The Labute approximate surface area is 116 Å². The first kappa shape index (κ1) is 13.7. The Morgan fingerprint density at radius 3 is 2.68 bits per heavy atom. The van der Waals surface area contributed by atoms with Crippen LogP contribution in [0.4, 0.5) is 15.2 Å². The molecule has 0 amide bonds. The van der Waals surface area contributed by atoms with Crippen LogP contribution in [0.2, 0.25) is 0 Å². The summed E-state index contributed by atoms with van der Waals surface area (Å²) in [4.78, 5) is 12.0. The summed E-state index contributed by atoms with van der Waals surface area (Å²) in [5, 5.41) is 19.1. The van der Waals surface area contributed by atoms with Gasteiger partial charge in [0.25, 0.3) is 5.69 Å². The van der Waals surface area contributed by atoms with E-state index >= 15 is 0 Å². The minimum absolute atomic E-state index is 0.270. The molecule has 0 aliphatic carbocycles. The summed E-state index contributed by atoms with van der Waals surface area (Å²) >= 11 is 2.41. The average molecular weight is 300 g/mol. The second kappa shape index (κ2) is 5.49. The molecule has 2 aromatic rings. The second-order valence-corrected chi connectivity index (χ2v) is 5.96. The minimum Gasteiger partial charge on any atom is -0.353 e.